The van der Waals surface area contributed by atoms with Gasteiger partial charge in [-0.1, -0.05) is 36.4 Å². The van der Waals surface area contributed by atoms with E-state index in [-0.39, 0.29) is 5.91 Å². The number of nitriles is 1. The number of carbonyl (C=O) groups is 1. The number of likely N-dealkylation sites (tertiary alicyclic amines) is 1. The zero-order valence-electron chi connectivity index (χ0n) is 15.0. The van der Waals surface area contributed by atoms with Crippen molar-refractivity contribution in [1.29, 1.82) is 5.26 Å². The van der Waals surface area contributed by atoms with Crippen LogP contribution in [0.5, 0.6) is 0 Å². The Bertz CT molecular complexity index is 758. The van der Waals surface area contributed by atoms with Crippen LogP contribution in [0.4, 0.5) is 5.69 Å². The van der Waals surface area contributed by atoms with Gasteiger partial charge in [0.25, 0.3) is 0 Å². The van der Waals surface area contributed by atoms with Crippen molar-refractivity contribution in [2.75, 3.05) is 25.0 Å². The minimum Gasteiger partial charge on any atom is -0.384 e. The quantitative estimate of drug-likeness (QED) is 0.864. The first-order chi connectivity index (χ1) is 12.7. The Morgan fingerprint density at radius 3 is 2.62 bits per heavy atom. The second kappa shape index (κ2) is 9.05. The molecular weight excluding hydrogens is 322 g/mol. The van der Waals surface area contributed by atoms with E-state index in [1.165, 1.54) is 5.56 Å². The third-order valence-electron chi connectivity index (χ3n) is 4.99. The van der Waals surface area contributed by atoms with Crippen molar-refractivity contribution in [2.24, 2.45) is 5.92 Å². The molecule has 0 bridgehead atoms. The van der Waals surface area contributed by atoms with Crippen molar-refractivity contribution < 1.29 is 4.79 Å². The number of hydrogen-bond acceptors (Lipinski definition) is 3. The lowest BCUT2D eigenvalue weighted by Gasteiger charge is -2.32. The highest BCUT2D eigenvalue weighted by Gasteiger charge is 2.22. The van der Waals surface area contributed by atoms with Gasteiger partial charge in [0, 0.05) is 31.7 Å². The van der Waals surface area contributed by atoms with Gasteiger partial charge < -0.3 is 10.2 Å². The molecule has 0 spiro atoms. The molecule has 0 unspecified atom stereocenters. The first kappa shape index (κ1) is 18.0. The lowest BCUT2D eigenvalue weighted by molar-refractivity contribution is -0.132. The van der Waals surface area contributed by atoms with Gasteiger partial charge in [0.2, 0.25) is 5.91 Å². The molecule has 0 radical (unpaired) electrons. The second-order valence-corrected chi connectivity index (χ2v) is 6.88. The molecule has 0 aromatic heterocycles. The van der Waals surface area contributed by atoms with E-state index in [0.717, 1.165) is 38.0 Å². The third-order valence-corrected chi connectivity index (χ3v) is 4.99. The largest absolute Gasteiger partial charge is 0.384 e. The Morgan fingerprint density at radius 2 is 1.88 bits per heavy atom. The van der Waals surface area contributed by atoms with E-state index < -0.39 is 0 Å². The number of piperidine rings is 1. The van der Waals surface area contributed by atoms with Gasteiger partial charge in [0.05, 0.1) is 11.6 Å². The fourth-order valence-corrected chi connectivity index (χ4v) is 3.50. The molecule has 1 saturated heterocycles. The first-order valence-corrected chi connectivity index (χ1v) is 9.30. The molecule has 26 heavy (non-hydrogen) atoms. The van der Waals surface area contributed by atoms with Crippen molar-refractivity contribution in [2.45, 2.75) is 25.7 Å². The number of amides is 1. The summed E-state index contributed by atoms with van der Waals surface area (Å²) >= 11 is 0. The number of anilines is 1. The molecule has 134 valence electrons. The standard InChI is InChI=1S/C22H25N3O/c23-17-20-7-4-8-21(16-20)24-12-9-22(26)25-13-10-19(11-14-25)15-18-5-2-1-3-6-18/h1-8,16,19,24H,9-15H2. The van der Waals surface area contributed by atoms with Crippen molar-refractivity contribution >= 4 is 11.6 Å². The van der Waals surface area contributed by atoms with Gasteiger partial charge in [-0.25, -0.2) is 0 Å². The summed E-state index contributed by atoms with van der Waals surface area (Å²) in [5.74, 6) is 0.889. The van der Waals surface area contributed by atoms with Gasteiger partial charge >= 0.3 is 0 Å². The molecule has 1 aliphatic heterocycles. The number of carbonyl (C=O) groups excluding carboxylic acids is 1. The van der Waals surface area contributed by atoms with Crippen molar-refractivity contribution in [3.63, 3.8) is 0 Å². The van der Waals surface area contributed by atoms with E-state index in [9.17, 15) is 4.79 Å². The van der Waals surface area contributed by atoms with Crippen molar-refractivity contribution in [3.05, 3.63) is 65.7 Å². The molecule has 2 aromatic rings. The molecule has 1 heterocycles. The van der Waals surface area contributed by atoms with E-state index in [1.54, 1.807) is 12.1 Å². The molecule has 4 heteroatoms. The van der Waals surface area contributed by atoms with Crippen LogP contribution < -0.4 is 5.32 Å². The van der Waals surface area contributed by atoms with E-state index in [2.05, 4.69) is 41.7 Å². The minimum atomic E-state index is 0.215. The molecule has 4 nitrogen and oxygen atoms in total. The van der Waals surface area contributed by atoms with Crippen LogP contribution in [0.25, 0.3) is 0 Å². The van der Waals surface area contributed by atoms with E-state index in [4.69, 9.17) is 5.26 Å². The van der Waals surface area contributed by atoms with Crippen LogP contribution in [0.15, 0.2) is 54.6 Å². The summed E-state index contributed by atoms with van der Waals surface area (Å²) in [7, 11) is 0. The highest BCUT2D eigenvalue weighted by atomic mass is 16.2. The summed E-state index contributed by atoms with van der Waals surface area (Å²) in [6.45, 7) is 2.32. The summed E-state index contributed by atoms with van der Waals surface area (Å²) in [5, 5.41) is 12.2. The molecule has 1 amide bonds. The van der Waals surface area contributed by atoms with Crippen LogP contribution in [-0.4, -0.2) is 30.4 Å². The number of benzene rings is 2. The lowest BCUT2D eigenvalue weighted by atomic mass is 9.90. The SMILES string of the molecule is N#Cc1cccc(NCCC(=O)N2CCC(Cc3ccccc3)CC2)c1. The molecule has 1 N–H and O–H groups in total. The summed E-state index contributed by atoms with van der Waals surface area (Å²) in [6, 6.07) is 20.1. The van der Waals surface area contributed by atoms with Gasteiger partial charge in [-0.15, -0.1) is 0 Å². The number of hydrogen-bond donors (Lipinski definition) is 1. The Morgan fingerprint density at radius 1 is 1.12 bits per heavy atom. The molecule has 1 aliphatic rings. The van der Waals surface area contributed by atoms with Crippen LogP contribution in [-0.2, 0) is 11.2 Å². The Balaban J connectivity index is 1.39. The Kier molecular flexibility index (Phi) is 6.27. The zero-order chi connectivity index (χ0) is 18.2. The molecular formula is C22H25N3O. The van der Waals surface area contributed by atoms with Crippen molar-refractivity contribution in [1.82, 2.24) is 4.90 Å². The fourth-order valence-electron chi connectivity index (χ4n) is 3.50. The third kappa shape index (κ3) is 5.10. The molecule has 0 atom stereocenters. The Labute approximate surface area is 155 Å². The lowest BCUT2D eigenvalue weighted by Crippen LogP contribution is -2.39. The highest BCUT2D eigenvalue weighted by molar-refractivity contribution is 5.76. The highest BCUT2D eigenvalue weighted by Crippen LogP contribution is 2.22. The molecule has 3 rings (SSSR count). The zero-order valence-corrected chi connectivity index (χ0v) is 15.0. The maximum atomic E-state index is 12.4. The summed E-state index contributed by atoms with van der Waals surface area (Å²) in [6.07, 6.45) is 3.76. The summed E-state index contributed by atoms with van der Waals surface area (Å²) in [5.41, 5.74) is 2.90. The smallest absolute Gasteiger partial charge is 0.224 e. The summed E-state index contributed by atoms with van der Waals surface area (Å²) < 4.78 is 0. The molecule has 0 aliphatic carbocycles. The normalized spacial score (nSPS) is 14.7. The monoisotopic (exact) mass is 347 g/mol. The van der Waals surface area contributed by atoms with Gasteiger partial charge in [0.1, 0.15) is 0 Å². The van der Waals surface area contributed by atoms with Crippen LogP contribution in [0.1, 0.15) is 30.4 Å². The van der Waals surface area contributed by atoms with Gasteiger partial charge in [0.15, 0.2) is 0 Å². The number of nitrogens with one attached hydrogen (secondary N) is 1. The van der Waals surface area contributed by atoms with E-state index >= 15 is 0 Å². The molecule has 0 saturated carbocycles. The second-order valence-electron chi connectivity index (χ2n) is 6.88. The van der Waals surface area contributed by atoms with Crippen LogP contribution >= 0.6 is 0 Å². The van der Waals surface area contributed by atoms with E-state index in [0.29, 0.717) is 24.4 Å². The predicted octanol–water partition coefficient (Wildman–Crippen LogP) is 3.84. The maximum Gasteiger partial charge on any atom is 0.224 e. The minimum absolute atomic E-state index is 0.215. The predicted molar refractivity (Wildman–Crippen MR) is 104 cm³/mol. The van der Waals surface area contributed by atoms with Gasteiger partial charge in [-0.05, 0) is 48.9 Å². The average Bonchev–Trinajstić information content (AvgIpc) is 2.69. The number of nitrogens with zero attached hydrogens (tertiary/aromatic N) is 2. The van der Waals surface area contributed by atoms with Crippen LogP contribution in [0.2, 0.25) is 0 Å². The topological polar surface area (TPSA) is 56.1 Å². The van der Waals surface area contributed by atoms with Crippen molar-refractivity contribution in [3.8, 4) is 6.07 Å². The number of rotatable bonds is 6. The summed E-state index contributed by atoms with van der Waals surface area (Å²) in [4.78, 5) is 14.4. The average molecular weight is 347 g/mol. The fraction of sp³-hybridized carbons (Fsp3) is 0.364. The van der Waals surface area contributed by atoms with E-state index in [1.807, 2.05) is 17.0 Å². The molecule has 1 fully saturated rings. The van der Waals surface area contributed by atoms with Crippen LogP contribution in [0, 0.1) is 17.2 Å². The molecule has 2 aromatic carbocycles. The first-order valence-electron chi connectivity index (χ1n) is 9.30. The van der Waals surface area contributed by atoms with Gasteiger partial charge in [-0.3, -0.25) is 4.79 Å². The maximum absolute atomic E-state index is 12.4. The van der Waals surface area contributed by atoms with Gasteiger partial charge in [-0.2, -0.15) is 5.26 Å². The Hall–Kier alpha value is -2.80. The van der Waals surface area contributed by atoms with Crippen LogP contribution in [0.3, 0.4) is 0 Å².